The van der Waals surface area contributed by atoms with Crippen LogP contribution in [-0.4, -0.2) is 31.1 Å². The van der Waals surface area contributed by atoms with Crippen LogP contribution in [0.25, 0.3) is 0 Å². The second kappa shape index (κ2) is 10.3. The molecular weight excluding hydrogens is 208 g/mol. The Hall–Kier alpha value is -1.23. The largest absolute Gasteiger partial charge is 0.347 e. The molecule has 92 valence electrons. The van der Waals surface area contributed by atoms with Crippen LogP contribution in [0.15, 0.2) is 0 Å². The Morgan fingerprint density at radius 3 is 2.56 bits per heavy atom. The van der Waals surface area contributed by atoms with Crippen molar-refractivity contribution in [3.63, 3.8) is 0 Å². The first-order valence-electron chi connectivity index (χ1n) is 5.63. The molecule has 5 nitrogen and oxygen atoms in total. The molecule has 3 N–H and O–H groups in total. The SMILES string of the molecule is NCCCC[C@@H](C=O)NC(=O)CCCC=O. The van der Waals surface area contributed by atoms with Crippen molar-refractivity contribution in [2.45, 2.75) is 44.6 Å². The molecule has 0 radical (unpaired) electrons. The maximum Gasteiger partial charge on any atom is 0.220 e. The summed E-state index contributed by atoms with van der Waals surface area (Å²) < 4.78 is 0. The fourth-order valence-corrected chi connectivity index (χ4v) is 1.31. The van der Waals surface area contributed by atoms with Gasteiger partial charge in [-0.3, -0.25) is 4.79 Å². The number of rotatable bonds is 10. The molecule has 0 bridgehead atoms. The molecule has 0 aromatic heterocycles. The first kappa shape index (κ1) is 14.8. The average Bonchev–Trinajstić information content (AvgIpc) is 2.28. The van der Waals surface area contributed by atoms with Gasteiger partial charge in [-0.2, -0.15) is 0 Å². The van der Waals surface area contributed by atoms with Crippen molar-refractivity contribution in [3.05, 3.63) is 0 Å². The molecule has 0 aromatic rings. The van der Waals surface area contributed by atoms with Gasteiger partial charge < -0.3 is 20.6 Å². The molecule has 5 heteroatoms. The quantitative estimate of drug-likeness (QED) is 0.412. The Morgan fingerprint density at radius 2 is 2.00 bits per heavy atom. The molecule has 0 unspecified atom stereocenters. The van der Waals surface area contributed by atoms with E-state index >= 15 is 0 Å². The van der Waals surface area contributed by atoms with E-state index in [-0.39, 0.29) is 5.91 Å². The van der Waals surface area contributed by atoms with Gasteiger partial charge >= 0.3 is 0 Å². The number of carbonyl (C=O) groups excluding carboxylic acids is 3. The first-order chi connectivity index (χ1) is 7.74. The molecule has 0 aliphatic rings. The van der Waals surface area contributed by atoms with Gasteiger partial charge in [0, 0.05) is 12.8 Å². The topological polar surface area (TPSA) is 89.3 Å². The number of amides is 1. The van der Waals surface area contributed by atoms with Crippen LogP contribution >= 0.6 is 0 Å². The van der Waals surface area contributed by atoms with E-state index in [9.17, 15) is 14.4 Å². The summed E-state index contributed by atoms with van der Waals surface area (Å²) in [5.41, 5.74) is 5.33. The van der Waals surface area contributed by atoms with Crippen LogP contribution in [-0.2, 0) is 14.4 Å². The lowest BCUT2D eigenvalue weighted by Gasteiger charge is -2.11. The Balaban J connectivity index is 3.69. The molecule has 0 aliphatic heterocycles. The Bertz CT molecular complexity index is 219. The summed E-state index contributed by atoms with van der Waals surface area (Å²) in [5.74, 6) is -0.174. The summed E-state index contributed by atoms with van der Waals surface area (Å²) in [6, 6.07) is -0.421. The minimum Gasteiger partial charge on any atom is -0.347 e. The van der Waals surface area contributed by atoms with Gasteiger partial charge in [-0.05, 0) is 32.2 Å². The highest BCUT2D eigenvalue weighted by Crippen LogP contribution is 2.00. The van der Waals surface area contributed by atoms with E-state index in [1.807, 2.05) is 0 Å². The molecular formula is C11H20N2O3. The molecule has 16 heavy (non-hydrogen) atoms. The summed E-state index contributed by atoms with van der Waals surface area (Å²) >= 11 is 0. The Kier molecular flexibility index (Phi) is 9.50. The minimum absolute atomic E-state index is 0.174. The van der Waals surface area contributed by atoms with Crippen LogP contribution in [0.5, 0.6) is 0 Å². The van der Waals surface area contributed by atoms with Crippen molar-refractivity contribution in [1.29, 1.82) is 0 Å². The van der Waals surface area contributed by atoms with E-state index in [0.29, 0.717) is 32.2 Å². The van der Waals surface area contributed by atoms with Crippen molar-refractivity contribution in [2.75, 3.05) is 6.54 Å². The van der Waals surface area contributed by atoms with E-state index < -0.39 is 6.04 Å². The smallest absolute Gasteiger partial charge is 0.220 e. The van der Waals surface area contributed by atoms with E-state index in [1.165, 1.54) is 0 Å². The Morgan fingerprint density at radius 1 is 1.25 bits per heavy atom. The number of nitrogens with one attached hydrogen (secondary N) is 1. The lowest BCUT2D eigenvalue weighted by molar-refractivity contribution is -0.124. The van der Waals surface area contributed by atoms with E-state index in [0.717, 1.165) is 25.4 Å². The van der Waals surface area contributed by atoms with Gasteiger partial charge in [-0.15, -0.1) is 0 Å². The van der Waals surface area contributed by atoms with Gasteiger partial charge in [0.1, 0.15) is 12.6 Å². The second-order valence-corrected chi connectivity index (χ2v) is 3.65. The summed E-state index contributed by atoms with van der Waals surface area (Å²) in [7, 11) is 0. The highest BCUT2D eigenvalue weighted by atomic mass is 16.2. The lowest BCUT2D eigenvalue weighted by Crippen LogP contribution is -2.35. The van der Waals surface area contributed by atoms with Crippen LogP contribution < -0.4 is 11.1 Å². The van der Waals surface area contributed by atoms with Gasteiger partial charge in [0.2, 0.25) is 5.91 Å². The molecule has 1 atom stereocenters. The van der Waals surface area contributed by atoms with Gasteiger partial charge in [0.05, 0.1) is 6.04 Å². The summed E-state index contributed by atoms with van der Waals surface area (Å²) in [5, 5.41) is 2.62. The monoisotopic (exact) mass is 228 g/mol. The fraction of sp³-hybridized carbons (Fsp3) is 0.727. The number of hydrogen-bond donors (Lipinski definition) is 2. The number of nitrogens with two attached hydrogens (primary N) is 1. The molecule has 0 aliphatic carbocycles. The molecule has 0 aromatic carbocycles. The average molecular weight is 228 g/mol. The zero-order valence-electron chi connectivity index (χ0n) is 9.48. The van der Waals surface area contributed by atoms with Crippen molar-refractivity contribution >= 4 is 18.5 Å². The number of aldehydes is 2. The molecule has 0 fully saturated rings. The third kappa shape index (κ3) is 8.11. The maximum atomic E-state index is 11.3. The molecule has 0 saturated heterocycles. The van der Waals surface area contributed by atoms with Crippen LogP contribution in [0.1, 0.15) is 38.5 Å². The summed E-state index contributed by atoms with van der Waals surface area (Å²) in [6.07, 6.45) is 5.04. The maximum absolute atomic E-state index is 11.3. The second-order valence-electron chi connectivity index (χ2n) is 3.65. The van der Waals surface area contributed by atoms with Crippen molar-refractivity contribution in [1.82, 2.24) is 5.32 Å². The predicted molar refractivity (Wildman–Crippen MR) is 60.8 cm³/mol. The predicted octanol–water partition coefficient (Wildman–Crippen LogP) is 0.168. The fourth-order valence-electron chi connectivity index (χ4n) is 1.31. The third-order valence-electron chi connectivity index (χ3n) is 2.21. The van der Waals surface area contributed by atoms with Crippen molar-refractivity contribution in [2.24, 2.45) is 5.73 Å². The van der Waals surface area contributed by atoms with Gasteiger partial charge in [0.15, 0.2) is 0 Å². The molecule has 1 amide bonds. The summed E-state index contributed by atoms with van der Waals surface area (Å²) in [4.78, 5) is 32.0. The summed E-state index contributed by atoms with van der Waals surface area (Å²) in [6.45, 7) is 0.596. The van der Waals surface area contributed by atoms with E-state index in [1.54, 1.807) is 0 Å². The van der Waals surface area contributed by atoms with Gasteiger partial charge in [-0.1, -0.05) is 0 Å². The molecule has 0 heterocycles. The highest BCUT2D eigenvalue weighted by molar-refractivity contribution is 5.79. The minimum atomic E-state index is -0.421. The normalized spacial score (nSPS) is 11.8. The molecule has 0 rings (SSSR count). The van der Waals surface area contributed by atoms with Crippen LogP contribution in [0, 0.1) is 0 Å². The van der Waals surface area contributed by atoms with Crippen LogP contribution in [0.4, 0.5) is 0 Å². The lowest BCUT2D eigenvalue weighted by atomic mass is 10.1. The first-order valence-corrected chi connectivity index (χ1v) is 5.63. The van der Waals surface area contributed by atoms with Crippen molar-refractivity contribution < 1.29 is 14.4 Å². The Labute approximate surface area is 95.8 Å². The highest BCUT2D eigenvalue weighted by Gasteiger charge is 2.10. The van der Waals surface area contributed by atoms with E-state index in [2.05, 4.69) is 5.32 Å². The van der Waals surface area contributed by atoms with Crippen LogP contribution in [0.2, 0.25) is 0 Å². The number of hydrogen-bond acceptors (Lipinski definition) is 4. The van der Waals surface area contributed by atoms with E-state index in [4.69, 9.17) is 5.73 Å². The van der Waals surface area contributed by atoms with Gasteiger partial charge in [0.25, 0.3) is 0 Å². The molecule has 0 spiro atoms. The van der Waals surface area contributed by atoms with Gasteiger partial charge in [-0.25, -0.2) is 0 Å². The number of unbranched alkanes of at least 4 members (excludes halogenated alkanes) is 2. The zero-order chi connectivity index (χ0) is 12.2. The number of carbonyl (C=O) groups is 3. The van der Waals surface area contributed by atoms with Crippen molar-refractivity contribution in [3.8, 4) is 0 Å². The van der Waals surface area contributed by atoms with Crippen LogP contribution in [0.3, 0.4) is 0 Å². The third-order valence-corrected chi connectivity index (χ3v) is 2.21. The molecule has 0 saturated carbocycles. The standard InChI is InChI=1S/C11H20N2O3/c12-7-3-1-5-10(9-15)13-11(16)6-2-4-8-14/h8-10H,1-7,12H2,(H,13,16)/t10-/m0/s1. The zero-order valence-corrected chi connectivity index (χ0v) is 9.48.